The summed E-state index contributed by atoms with van der Waals surface area (Å²) in [6.07, 6.45) is 10.3. The highest BCUT2D eigenvalue weighted by molar-refractivity contribution is 5.37. The first-order chi connectivity index (χ1) is 7.86. The van der Waals surface area contributed by atoms with E-state index in [-0.39, 0.29) is 0 Å². The van der Waals surface area contributed by atoms with Crippen molar-refractivity contribution in [2.45, 2.75) is 63.3 Å². The van der Waals surface area contributed by atoms with Crippen LogP contribution in [-0.4, -0.2) is 15.0 Å². The lowest BCUT2D eigenvalue weighted by atomic mass is 9.96. The van der Waals surface area contributed by atoms with E-state index < -0.39 is 0 Å². The second kappa shape index (κ2) is 4.07. The smallest absolute Gasteiger partial charge is 0.146 e. The largest absolute Gasteiger partial charge is 0.382 e. The maximum Gasteiger partial charge on any atom is 0.146 e. The Kier molecular flexibility index (Phi) is 2.58. The number of nitrogens with zero attached hydrogens (tertiary/aromatic N) is 3. The van der Waals surface area contributed by atoms with Crippen molar-refractivity contribution in [2.75, 3.05) is 5.73 Å². The predicted octanol–water partition coefficient (Wildman–Crippen LogP) is 2.63. The summed E-state index contributed by atoms with van der Waals surface area (Å²) in [4.78, 5) is 0. The Hall–Kier alpha value is -1.06. The molecule has 2 aliphatic carbocycles. The van der Waals surface area contributed by atoms with Crippen LogP contribution in [0.25, 0.3) is 0 Å². The van der Waals surface area contributed by atoms with Gasteiger partial charge in [0.15, 0.2) is 0 Å². The molecule has 0 unspecified atom stereocenters. The molecule has 2 aliphatic rings. The van der Waals surface area contributed by atoms with Crippen molar-refractivity contribution in [3.05, 3.63) is 5.69 Å². The van der Waals surface area contributed by atoms with Gasteiger partial charge in [-0.05, 0) is 25.7 Å². The number of hydrogen-bond acceptors (Lipinski definition) is 3. The maximum atomic E-state index is 6.16. The molecule has 4 heteroatoms. The van der Waals surface area contributed by atoms with Gasteiger partial charge in [-0.3, -0.25) is 0 Å². The Balaban J connectivity index is 1.81. The minimum absolute atomic E-state index is 0.548. The molecule has 1 aromatic rings. The van der Waals surface area contributed by atoms with Gasteiger partial charge >= 0.3 is 0 Å². The van der Waals surface area contributed by atoms with Gasteiger partial charge in [0.05, 0.1) is 6.04 Å². The van der Waals surface area contributed by atoms with E-state index in [0.717, 1.165) is 11.5 Å². The van der Waals surface area contributed by atoms with Crippen molar-refractivity contribution in [3.8, 4) is 0 Å². The van der Waals surface area contributed by atoms with Crippen molar-refractivity contribution in [1.82, 2.24) is 15.0 Å². The zero-order chi connectivity index (χ0) is 11.0. The second-order valence-corrected chi connectivity index (χ2v) is 5.22. The Morgan fingerprint density at radius 1 is 1.00 bits per heavy atom. The fourth-order valence-corrected chi connectivity index (χ4v) is 2.75. The molecule has 0 atom stereocenters. The quantitative estimate of drug-likeness (QED) is 0.779. The van der Waals surface area contributed by atoms with E-state index in [1.54, 1.807) is 0 Å². The summed E-state index contributed by atoms with van der Waals surface area (Å²) in [6, 6.07) is 0.548. The third kappa shape index (κ3) is 1.81. The van der Waals surface area contributed by atoms with Crippen LogP contribution in [0.1, 0.15) is 69.0 Å². The number of nitrogens with two attached hydrogens (primary N) is 1. The molecule has 0 amide bonds. The van der Waals surface area contributed by atoms with Gasteiger partial charge in [0.25, 0.3) is 0 Å². The molecule has 1 heterocycles. The normalized spacial score (nSPS) is 23.2. The van der Waals surface area contributed by atoms with Gasteiger partial charge in [-0.25, -0.2) is 4.68 Å². The molecule has 4 nitrogen and oxygen atoms in total. The van der Waals surface area contributed by atoms with E-state index in [9.17, 15) is 0 Å². The van der Waals surface area contributed by atoms with Crippen molar-refractivity contribution in [2.24, 2.45) is 0 Å². The van der Waals surface area contributed by atoms with Crippen LogP contribution >= 0.6 is 0 Å². The monoisotopic (exact) mass is 220 g/mol. The highest BCUT2D eigenvalue weighted by Gasteiger charge is 2.30. The summed E-state index contributed by atoms with van der Waals surface area (Å²) in [5.41, 5.74) is 7.24. The summed E-state index contributed by atoms with van der Waals surface area (Å²) >= 11 is 0. The van der Waals surface area contributed by atoms with E-state index in [4.69, 9.17) is 5.73 Å². The summed E-state index contributed by atoms with van der Waals surface area (Å²) in [7, 11) is 0. The van der Waals surface area contributed by atoms with Gasteiger partial charge < -0.3 is 5.73 Å². The minimum Gasteiger partial charge on any atom is -0.382 e. The van der Waals surface area contributed by atoms with Crippen molar-refractivity contribution in [1.29, 1.82) is 0 Å². The number of aromatic nitrogens is 3. The molecule has 0 bridgehead atoms. The van der Waals surface area contributed by atoms with E-state index in [1.807, 2.05) is 4.68 Å². The topological polar surface area (TPSA) is 56.7 Å². The minimum atomic E-state index is 0.548. The van der Waals surface area contributed by atoms with E-state index >= 15 is 0 Å². The third-order valence-electron chi connectivity index (χ3n) is 3.89. The van der Waals surface area contributed by atoms with Crippen LogP contribution in [0.3, 0.4) is 0 Å². The lowest BCUT2D eigenvalue weighted by Crippen LogP contribution is -2.05. The molecule has 0 spiro atoms. The molecule has 0 aromatic carbocycles. The summed E-state index contributed by atoms with van der Waals surface area (Å²) in [6.45, 7) is 0. The first kappa shape index (κ1) is 10.1. The molecule has 16 heavy (non-hydrogen) atoms. The van der Waals surface area contributed by atoms with Crippen LogP contribution in [0.15, 0.2) is 0 Å². The average molecular weight is 220 g/mol. The molecule has 0 aliphatic heterocycles. The van der Waals surface area contributed by atoms with Crippen LogP contribution < -0.4 is 5.73 Å². The average Bonchev–Trinajstić information content (AvgIpc) is 3.08. The molecule has 1 aromatic heterocycles. The third-order valence-corrected chi connectivity index (χ3v) is 3.89. The summed E-state index contributed by atoms with van der Waals surface area (Å²) < 4.78 is 1.94. The lowest BCUT2D eigenvalue weighted by Gasteiger charge is -2.11. The first-order valence-corrected chi connectivity index (χ1v) is 6.57. The van der Waals surface area contributed by atoms with Gasteiger partial charge in [-0.2, -0.15) is 0 Å². The zero-order valence-corrected chi connectivity index (χ0v) is 9.73. The SMILES string of the molecule is Nc1c(C2CCCCCC2)nnn1C1CC1. The molecule has 2 fully saturated rings. The van der Waals surface area contributed by atoms with E-state index in [2.05, 4.69) is 10.3 Å². The molecular weight excluding hydrogens is 200 g/mol. The number of hydrogen-bond donors (Lipinski definition) is 1. The predicted molar refractivity (Wildman–Crippen MR) is 63.1 cm³/mol. The second-order valence-electron chi connectivity index (χ2n) is 5.22. The Morgan fingerprint density at radius 3 is 2.31 bits per heavy atom. The highest BCUT2D eigenvalue weighted by atomic mass is 15.5. The van der Waals surface area contributed by atoms with E-state index in [1.165, 1.54) is 51.4 Å². The number of nitrogen functional groups attached to an aromatic ring is 1. The fraction of sp³-hybridized carbons (Fsp3) is 0.833. The van der Waals surface area contributed by atoms with Crippen molar-refractivity contribution >= 4 is 5.82 Å². The standard InChI is InChI=1S/C12H20N4/c13-12-11(9-5-3-1-2-4-6-9)14-15-16(12)10-7-8-10/h9-10H,1-8,13H2. The Labute approximate surface area is 96.2 Å². The molecule has 88 valence electrons. The van der Waals surface area contributed by atoms with Crippen LogP contribution in [-0.2, 0) is 0 Å². The molecule has 3 rings (SSSR count). The van der Waals surface area contributed by atoms with Crippen LogP contribution in [0.4, 0.5) is 5.82 Å². The Morgan fingerprint density at radius 2 is 1.69 bits per heavy atom. The number of anilines is 1. The van der Waals surface area contributed by atoms with Gasteiger partial charge in [0, 0.05) is 5.92 Å². The molecule has 2 N–H and O–H groups in total. The van der Waals surface area contributed by atoms with Gasteiger partial charge in [-0.15, -0.1) is 5.10 Å². The van der Waals surface area contributed by atoms with Crippen molar-refractivity contribution < 1.29 is 0 Å². The molecule has 0 saturated heterocycles. The molecular formula is C12H20N4. The van der Waals surface area contributed by atoms with Gasteiger partial charge in [0.1, 0.15) is 11.5 Å². The van der Waals surface area contributed by atoms with E-state index in [0.29, 0.717) is 12.0 Å². The van der Waals surface area contributed by atoms with Crippen LogP contribution in [0.5, 0.6) is 0 Å². The highest BCUT2D eigenvalue weighted by Crippen LogP contribution is 2.39. The fourth-order valence-electron chi connectivity index (χ4n) is 2.75. The van der Waals surface area contributed by atoms with Crippen molar-refractivity contribution in [3.63, 3.8) is 0 Å². The summed E-state index contributed by atoms with van der Waals surface area (Å²) in [5, 5.41) is 8.56. The van der Waals surface area contributed by atoms with Gasteiger partial charge in [-0.1, -0.05) is 30.9 Å². The first-order valence-electron chi connectivity index (χ1n) is 6.57. The maximum absolute atomic E-state index is 6.16. The molecule has 0 radical (unpaired) electrons. The van der Waals surface area contributed by atoms with Crippen LogP contribution in [0.2, 0.25) is 0 Å². The number of rotatable bonds is 2. The van der Waals surface area contributed by atoms with Crippen LogP contribution in [0, 0.1) is 0 Å². The lowest BCUT2D eigenvalue weighted by molar-refractivity contribution is 0.575. The zero-order valence-electron chi connectivity index (χ0n) is 9.73. The van der Waals surface area contributed by atoms with Gasteiger partial charge in [0.2, 0.25) is 0 Å². The Bertz CT molecular complexity index is 359. The summed E-state index contributed by atoms with van der Waals surface area (Å²) in [5.74, 6) is 1.41. The molecule has 2 saturated carbocycles.